The molecule has 0 amide bonds. The maximum absolute atomic E-state index is 12.4. The summed E-state index contributed by atoms with van der Waals surface area (Å²) in [6, 6.07) is 9.03. The van der Waals surface area contributed by atoms with Crippen LogP contribution in [0.3, 0.4) is 0 Å². The molecule has 0 aliphatic heterocycles. The van der Waals surface area contributed by atoms with Gasteiger partial charge < -0.3 is 0 Å². The lowest BCUT2D eigenvalue weighted by atomic mass is 9.96. The first kappa shape index (κ1) is 10.6. The third-order valence-corrected chi connectivity index (χ3v) is 1.89. The van der Waals surface area contributed by atoms with Crippen LogP contribution in [0.2, 0.25) is 0 Å². The Bertz CT molecular complexity index is 323. The zero-order chi connectivity index (χ0) is 10.6. The van der Waals surface area contributed by atoms with E-state index in [0.29, 0.717) is 0 Å². The minimum atomic E-state index is -4.35. The SMILES string of the molecule is N#CC[C@H](c1ccccc1)C(F)(F)F. The van der Waals surface area contributed by atoms with Crippen LogP contribution in [0.15, 0.2) is 30.3 Å². The Morgan fingerprint density at radius 1 is 1.21 bits per heavy atom. The molecule has 0 unspecified atom stereocenters. The van der Waals surface area contributed by atoms with Crippen LogP contribution in [0.1, 0.15) is 17.9 Å². The van der Waals surface area contributed by atoms with Crippen molar-refractivity contribution in [1.29, 1.82) is 5.26 Å². The molecule has 74 valence electrons. The molecule has 0 saturated heterocycles. The van der Waals surface area contributed by atoms with Crippen LogP contribution in [0.5, 0.6) is 0 Å². The molecule has 1 aromatic carbocycles. The molecule has 0 aliphatic carbocycles. The highest BCUT2D eigenvalue weighted by Crippen LogP contribution is 2.36. The molecule has 0 saturated carbocycles. The van der Waals surface area contributed by atoms with Crippen LogP contribution in [0, 0.1) is 11.3 Å². The minimum Gasteiger partial charge on any atom is -0.198 e. The second-order valence-corrected chi connectivity index (χ2v) is 2.87. The van der Waals surface area contributed by atoms with Crippen LogP contribution in [0.25, 0.3) is 0 Å². The summed E-state index contributed by atoms with van der Waals surface area (Å²) in [5.74, 6) is -1.67. The summed E-state index contributed by atoms with van der Waals surface area (Å²) in [7, 11) is 0. The Morgan fingerprint density at radius 2 is 1.79 bits per heavy atom. The van der Waals surface area contributed by atoms with E-state index in [0.717, 1.165) is 0 Å². The van der Waals surface area contributed by atoms with Gasteiger partial charge >= 0.3 is 6.18 Å². The molecule has 0 aliphatic rings. The van der Waals surface area contributed by atoms with Crippen LogP contribution < -0.4 is 0 Å². The molecule has 1 nitrogen and oxygen atoms in total. The van der Waals surface area contributed by atoms with Gasteiger partial charge in [0.25, 0.3) is 0 Å². The van der Waals surface area contributed by atoms with Gasteiger partial charge in [0, 0.05) is 0 Å². The fraction of sp³-hybridized carbons (Fsp3) is 0.300. The number of hydrogen-bond acceptors (Lipinski definition) is 1. The summed E-state index contributed by atoms with van der Waals surface area (Å²) in [6.45, 7) is 0. The summed E-state index contributed by atoms with van der Waals surface area (Å²) in [5, 5.41) is 8.31. The van der Waals surface area contributed by atoms with Crippen molar-refractivity contribution in [1.82, 2.24) is 0 Å². The third kappa shape index (κ3) is 2.49. The van der Waals surface area contributed by atoms with Crippen molar-refractivity contribution < 1.29 is 13.2 Å². The molecule has 4 heteroatoms. The number of halogens is 3. The van der Waals surface area contributed by atoms with Gasteiger partial charge in [-0.2, -0.15) is 18.4 Å². The number of hydrogen-bond donors (Lipinski definition) is 0. The van der Waals surface area contributed by atoms with E-state index in [1.807, 2.05) is 0 Å². The first-order chi connectivity index (χ1) is 6.55. The van der Waals surface area contributed by atoms with E-state index in [9.17, 15) is 13.2 Å². The van der Waals surface area contributed by atoms with E-state index in [1.165, 1.54) is 24.3 Å². The van der Waals surface area contributed by atoms with Crippen molar-refractivity contribution in [2.45, 2.75) is 18.5 Å². The quantitative estimate of drug-likeness (QED) is 0.717. The van der Waals surface area contributed by atoms with Crippen molar-refractivity contribution in [2.75, 3.05) is 0 Å². The van der Waals surface area contributed by atoms with Gasteiger partial charge in [0.2, 0.25) is 0 Å². The molecule has 0 aromatic heterocycles. The first-order valence-electron chi connectivity index (χ1n) is 4.04. The molecule has 1 atom stereocenters. The second-order valence-electron chi connectivity index (χ2n) is 2.87. The molecular weight excluding hydrogens is 191 g/mol. The van der Waals surface area contributed by atoms with Gasteiger partial charge in [0.05, 0.1) is 18.4 Å². The fourth-order valence-corrected chi connectivity index (χ4v) is 1.20. The lowest BCUT2D eigenvalue weighted by molar-refractivity contribution is -0.149. The summed E-state index contributed by atoms with van der Waals surface area (Å²) >= 11 is 0. The van der Waals surface area contributed by atoms with Gasteiger partial charge in [0.15, 0.2) is 0 Å². The predicted octanol–water partition coefficient (Wildman–Crippen LogP) is 3.25. The average Bonchev–Trinajstić information content (AvgIpc) is 2.14. The standard InChI is InChI=1S/C10H8F3N/c11-10(12,13)9(6-7-14)8-4-2-1-3-5-8/h1-5,9H,6H2/t9-/m1/s1. The summed E-state index contributed by atoms with van der Waals surface area (Å²) < 4.78 is 37.3. The fourth-order valence-electron chi connectivity index (χ4n) is 1.20. The molecular formula is C10H8F3N. The van der Waals surface area contributed by atoms with E-state index in [4.69, 9.17) is 5.26 Å². The maximum Gasteiger partial charge on any atom is 0.396 e. The highest BCUT2D eigenvalue weighted by atomic mass is 19.4. The van der Waals surface area contributed by atoms with Crippen LogP contribution in [-0.4, -0.2) is 6.18 Å². The Morgan fingerprint density at radius 3 is 2.21 bits per heavy atom. The average molecular weight is 199 g/mol. The van der Waals surface area contributed by atoms with Crippen molar-refractivity contribution in [2.24, 2.45) is 0 Å². The second kappa shape index (κ2) is 4.14. The molecule has 14 heavy (non-hydrogen) atoms. The molecule has 1 rings (SSSR count). The Hall–Kier alpha value is -1.50. The summed E-state index contributed by atoms with van der Waals surface area (Å²) in [4.78, 5) is 0. The monoisotopic (exact) mass is 199 g/mol. The van der Waals surface area contributed by atoms with E-state index < -0.39 is 18.5 Å². The Kier molecular flexibility index (Phi) is 3.13. The number of alkyl halides is 3. The molecule has 1 aromatic rings. The normalized spacial score (nSPS) is 13.3. The lowest BCUT2D eigenvalue weighted by Crippen LogP contribution is -2.20. The molecule has 0 spiro atoms. The Balaban J connectivity index is 2.96. The highest BCUT2D eigenvalue weighted by molar-refractivity contribution is 5.22. The molecule has 0 heterocycles. The highest BCUT2D eigenvalue weighted by Gasteiger charge is 2.40. The van der Waals surface area contributed by atoms with Gasteiger partial charge in [-0.05, 0) is 5.56 Å². The molecule has 0 fully saturated rings. The van der Waals surface area contributed by atoms with Crippen LogP contribution in [-0.2, 0) is 0 Å². The van der Waals surface area contributed by atoms with Gasteiger partial charge in [-0.15, -0.1) is 0 Å². The largest absolute Gasteiger partial charge is 0.396 e. The van der Waals surface area contributed by atoms with Crippen molar-refractivity contribution in [3.63, 3.8) is 0 Å². The van der Waals surface area contributed by atoms with Crippen LogP contribution >= 0.6 is 0 Å². The smallest absolute Gasteiger partial charge is 0.198 e. The van der Waals surface area contributed by atoms with E-state index in [2.05, 4.69) is 0 Å². The third-order valence-electron chi connectivity index (χ3n) is 1.89. The summed E-state index contributed by atoms with van der Waals surface area (Å²) in [5.41, 5.74) is 0.140. The van der Waals surface area contributed by atoms with Gasteiger partial charge in [-0.3, -0.25) is 0 Å². The zero-order valence-electron chi connectivity index (χ0n) is 7.25. The van der Waals surface area contributed by atoms with E-state index in [1.54, 1.807) is 12.1 Å². The van der Waals surface area contributed by atoms with Crippen molar-refractivity contribution >= 4 is 0 Å². The Labute approximate surface area is 79.8 Å². The first-order valence-corrected chi connectivity index (χ1v) is 4.04. The number of benzene rings is 1. The van der Waals surface area contributed by atoms with E-state index in [-0.39, 0.29) is 5.56 Å². The lowest BCUT2D eigenvalue weighted by Gasteiger charge is -2.17. The van der Waals surface area contributed by atoms with Crippen molar-refractivity contribution in [3.8, 4) is 6.07 Å². The molecule has 0 radical (unpaired) electrons. The number of rotatable bonds is 2. The molecule has 0 N–H and O–H groups in total. The summed E-state index contributed by atoms with van der Waals surface area (Å²) in [6.07, 6.45) is -4.88. The van der Waals surface area contributed by atoms with Crippen molar-refractivity contribution in [3.05, 3.63) is 35.9 Å². The van der Waals surface area contributed by atoms with Gasteiger partial charge in [-0.25, -0.2) is 0 Å². The van der Waals surface area contributed by atoms with Crippen LogP contribution in [0.4, 0.5) is 13.2 Å². The number of nitrogens with zero attached hydrogens (tertiary/aromatic N) is 1. The van der Waals surface area contributed by atoms with E-state index >= 15 is 0 Å². The minimum absolute atomic E-state index is 0.140. The predicted molar refractivity (Wildman–Crippen MR) is 45.5 cm³/mol. The zero-order valence-corrected chi connectivity index (χ0v) is 7.25. The molecule has 0 bridgehead atoms. The topological polar surface area (TPSA) is 23.8 Å². The maximum atomic E-state index is 12.4. The number of nitriles is 1. The van der Waals surface area contributed by atoms with Gasteiger partial charge in [0.1, 0.15) is 0 Å². The van der Waals surface area contributed by atoms with Gasteiger partial charge in [-0.1, -0.05) is 30.3 Å².